The minimum atomic E-state index is -4.98. The van der Waals surface area contributed by atoms with Crippen molar-refractivity contribution in [3.8, 4) is 0 Å². The van der Waals surface area contributed by atoms with Gasteiger partial charge in [-0.2, -0.15) is 13.2 Å². The number of halogens is 3. The molecule has 0 saturated heterocycles. The molecule has 2 unspecified atom stereocenters. The van der Waals surface area contributed by atoms with Gasteiger partial charge in [0, 0.05) is 12.7 Å². The van der Waals surface area contributed by atoms with E-state index in [0.29, 0.717) is 5.56 Å². The van der Waals surface area contributed by atoms with Crippen LogP contribution in [0.15, 0.2) is 60.7 Å². The number of benzene rings is 2. The smallest absolute Gasteiger partial charge is 0.432 e. The van der Waals surface area contributed by atoms with Crippen molar-refractivity contribution < 1.29 is 27.4 Å². The largest absolute Gasteiger partial charge is 0.455 e. The maximum atomic E-state index is 13.7. The van der Waals surface area contributed by atoms with E-state index in [-0.39, 0.29) is 5.56 Å². The molecule has 0 aromatic heterocycles. The first kappa shape index (κ1) is 18.0. The van der Waals surface area contributed by atoms with Crippen molar-refractivity contribution in [2.75, 3.05) is 7.11 Å². The lowest BCUT2D eigenvalue weighted by molar-refractivity contribution is -0.278. The average Bonchev–Trinajstić information content (AvgIpc) is 2.56. The molecule has 0 aliphatic carbocycles. The third-order valence-corrected chi connectivity index (χ3v) is 3.73. The third kappa shape index (κ3) is 3.28. The fourth-order valence-electron chi connectivity index (χ4n) is 2.42. The summed E-state index contributed by atoms with van der Waals surface area (Å²) in [5.41, 5.74) is -2.91. The zero-order valence-electron chi connectivity index (χ0n) is 13.2. The van der Waals surface area contributed by atoms with Gasteiger partial charge in [0.25, 0.3) is 5.60 Å². The van der Waals surface area contributed by atoms with Crippen LogP contribution in [0.2, 0.25) is 0 Å². The molecule has 0 aliphatic heterocycles. The molecule has 0 fully saturated rings. The first-order valence-corrected chi connectivity index (χ1v) is 7.26. The van der Waals surface area contributed by atoms with Crippen molar-refractivity contribution in [2.45, 2.75) is 24.8 Å². The van der Waals surface area contributed by atoms with Crippen molar-refractivity contribution in [2.24, 2.45) is 0 Å². The van der Waals surface area contributed by atoms with E-state index in [4.69, 9.17) is 4.74 Å². The average molecular weight is 338 g/mol. The van der Waals surface area contributed by atoms with Crippen LogP contribution >= 0.6 is 0 Å². The summed E-state index contributed by atoms with van der Waals surface area (Å²) in [5.74, 6) is -1.50. The summed E-state index contributed by atoms with van der Waals surface area (Å²) in [6.45, 7) is 1.51. The molecule has 2 atom stereocenters. The van der Waals surface area contributed by atoms with Crippen LogP contribution in [-0.2, 0) is 19.9 Å². The highest BCUT2D eigenvalue weighted by atomic mass is 19.4. The van der Waals surface area contributed by atoms with Crippen LogP contribution in [0.3, 0.4) is 0 Å². The van der Waals surface area contributed by atoms with Crippen LogP contribution in [0.5, 0.6) is 0 Å². The van der Waals surface area contributed by atoms with Gasteiger partial charge in [-0.15, -0.1) is 0 Å². The molecular weight excluding hydrogens is 321 g/mol. The molecule has 0 bridgehead atoms. The van der Waals surface area contributed by atoms with Crippen LogP contribution in [0.4, 0.5) is 13.2 Å². The molecule has 0 saturated carbocycles. The molecular formula is C18H17F3O3. The van der Waals surface area contributed by atoms with Crippen molar-refractivity contribution in [3.05, 3.63) is 71.8 Å². The number of rotatable bonds is 5. The molecule has 0 radical (unpaired) electrons. The van der Waals surface area contributed by atoms with E-state index in [9.17, 15) is 18.0 Å². The van der Waals surface area contributed by atoms with Gasteiger partial charge in [-0.25, -0.2) is 4.79 Å². The Bertz CT molecular complexity index is 671. The van der Waals surface area contributed by atoms with E-state index >= 15 is 0 Å². The Morgan fingerprint density at radius 1 is 0.958 bits per heavy atom. The van der Waals surface area contributed by atoms with Gasteiger partial charge >= 0.3 is 12.1 Å². The number of carbonyl (C=O) groups is 1. The highest BCUT2D eigenvalue weighted by Crippen LogP contribution is 2.43. The lowest BCUT2D eigenvalue weighted by Gasteiger charge is -2.33. The highest BCUT2D eigenvalue weighted by molar-refractivity contribution is 5.83. The van der Waals surface area contributed by atoms with Crippen LogP contribution in [0.25, 0.3) is 0 Å². The summed E-state index contributed by atoms with van der Waals surface area (Å²) < 4.78 is 51.0. The summed E-state index contributed by atoms with van der Waals surface area (Å²) in [7, 11) is 0.842. The fourth-order valence-corrected chi connectivity index (χ4v) is 2.42. The van der Waals surface area contributed by atoms with Gasteiger partial charge in [0.2, 0.25) is 0 Å². The number of hydrogen-bond donors (Lipinski definition) is 0. The van der Waals surface area contributed by atoms with Gasteiger partial charge in [0.15, 0.2) is 0 Å². The SMILES string of the molecule is COC(C(=O)OC(C)c1ccccc1)(c1ccccc1)C(F)(F)F. The van der Waals surface area contributed by atoms with E-state index in [1.807, 2.05) is 0 Å². The lowest BCUT2D eigenvalue weighted by Crippen LogP contribution is -2.51. The summed E-state index contributed by atoms with van der Waals surface area (Å²) >= 11 is 0. The van der Waals surface area contributed by atoms with Gasteiger partial charge in [-0.05, 0) is 12.5 Å². The van der Waals surface area contributed by atoms with Crippen LogP contribution in [0, 0.1) is 0 Å². The first-order valence-electron chi connectivity index (χ1n) is 7.26. The Morgan fingerprint density at radius 2 is 1.46 bits per heavy atom. The molecule has 0 N–H and O–H groups in total. The monoisotopic (exact) mass is 338 g/mol. The van der Waals surface area contributed by atoms with Crippen molar-refractivity contribution in [3.63, 3.8) is 0 Å². The van der Waals surface area contributed by atoms with Crippen molar-refractivity contribution in [1.82, 2.24) is 0 Å². The number of hydrogen-bond acceptors (Lipinski definition) is 3. The predicted molar refractivity (Wildman–Crippen MR) is 82.1 cm³/mol. The van der Waals surface area contributed by atoms with Gasteiger partial charge < -0.3 is 9.47 Å². The third-order valence-electron chi connectivity index (χ3n) is 3.73. The molecule has 2 aromatic rings. The second kappa shape index (κ2) is 7.05. The number of esters is 1. The summed E-state index contributed by atoms with van der Waals surface area (Å²) in [5, 5.41) is 0. The van der Waals surface area contributed by atoms with E-state index in [1.165, 1.54) is 31.2 Å². The summed E-state index contributed by atoms with van der Waals surface area (Å²) in [6, 6.07) is 15.3. The first-order chi connectivity index (χ1) is 11.3. The molecule has 3 nitrogen and oxygen atoms in total. The van der Waals surface area contributed by atoms with E-state index < -0.39 is 23.9 Å². The Hall–Kier alpha value is -2.34. The van der Waals surface area contributed by atoms with E-state index in [1.54, 1.807) is 36.4 Å². The van der Waals surface area contributed by atoms with Crippen LogP contribution in [0.1, 0.15) is 24.2 Å². The van der Waals surface area contributed by atoms with Gasteiger partial charge in [0.05, 0.1) is 0 Å². The minimum absolute atomic E-state index is 0.328. The Balaban J connectivity index is 2.39. The second-order valence-corrected chi connectivity index (χ2v) is 5.21. The number of ether oxygens (including phenoxy) is 2. The highest BCUT2D eigenvalue weighted by Gasteiger charge is 2.64. The maximum absolute atomic E-state index is 13.7. The minimum Gasteiger partial charge on any atom is -0.455 e. The Labute approximate surface area is 138 Å². The molecule has 0 amide bonds. The summed E-state index contributed by atoms with van der Waals surface area (Å²) in [6.07, 6.45) is -5.82. The van der Waals surface area contributed by atoms with Gasteiger partial charge in [-0.1, -0.05) is 60.7 Å². The molecule has 0 heterocycles. The number of alkyl halides is 3. The predicted octanol–water partition coefficient (Wildman–Crippen LogP) is 4.40. The molecule has 0 spiro atoms. The normalized spacial score (nSPS) is 15.4. The quantitative estimate of drug-likeness (QED) is 0.758. The number of carbonyl (C=O) groups excluding carboxylic acids is 1. The Morgan fingerprint density at radius 3 is 1.92 bits per heavy atom. The number of methoxy groups -OCH3 is 1. The molecule has 0 aliphatic rings. The Kier molecular flexibility index (Phi) is 5.29. The second-order valence-electron chi connectivity index (χ2n) is 5.21. The zero-order chi connectivity index (χ0) is 17.8. The van der Waals surface area contributed by atoms with Gasteiger partial charge in [0.1, 0.15) is 6.10 Å². The molecule has 2 rings (SSSR count). The van der Waals surface area contributed by atoms with Crippen LogP contribution in [-0.4, -0.2) is 19.3 Å². The lowest BCUT2D eigenvalue weighted by atomic mass is 9.92. The fraction of sp³-hybridized carbons (Fsp3) is 0.278. The maximum Gasteiger partial charge on any atom is 0.432 e. The van der Waals surface area contributed by atoms with Crippen LogP contribution < -0.4 is 0 Å². The molecule has 2 aromatic carbocycles. The zero-order valence-corrected chi connectivity index (χ0v) is 13.2. The summed E-state index contributed by atoms with van der Waals surface area (Å²) in [4.78, 5) is 12.5. The van der Waals surface area contributed by atoms with E-state index in [0.717, 1.165) is 7.11 Å². The van der Waals surface area contributed by atoms with E-state index in [2.05, 4.69) is 4.74 Å². The standard InChI is InChI=1S/C18H17F3O3/c1-13(14-9-5-3-6-10-14)24-16(22)17(23-2,18(19,20)21)15-11-7-4-8-12-15/h3-13H,1-2H3. The topological polar surface area (TPSA) is 35.5 Å². The molecule has 128 valence electrons. The van der Waals surface area contributed by atoms with Crippen molar-refractivity contribution in [1.29, 1.82) is 0 Å². The van der Waals surface area contributed by atoms with Crippen molar-refractivity contribution >= 4 is 5.97 Å². The molecule has 24 heavy (non-hydrogen) atoms. The van der Waals surface area contributed by atoms with Gasteiger partial charge in [-0.3, -0.25) is 0 Å². The molecule has 6 heteroatoms.